The molecule has 2 atom stereocenters. The fourth-order valence-corrected chi connectivity index (χ4v) is 2.52. The second-order valence-corrected chi connectivity index (χ2v) is 4.84. The van der Waals surface area contributed by atoms with E-state index in [9.17, 15) is 4.39 Å². The first kappa shape index (κ1) is 14.5. The topological polar surface area (TPSA) is 35.2 Å². The lowest BCUT2D eigenvalue weighted by atomic mass is 9.85. The minimum atomic E-state index is -0.367. The van der Waals surface area contributed by atoms with Gasteiger partial charge in [0.25, 0.3) is 0 Å². The standard InChI is InChI=1S/C17H20FNO/c1-3-14(12-7-5-4-6-8-12)17(19)15-10-9-13(20-2)11-16(15)18/h4-11,14,17H,3,19H2,1-2H3. The van der Waals surface area contributed by atoms with E-state index in [1.54, 1.807) is 12.1 Å². The predicted molar refractivity (Wildman–Crippen MR) is 79.4 cm³/mol. The Bertz CT molecular complexity index is 556. The molecule has 20 heavy (non-hydrogen) atoms. The molecule has 0 fully saturated rings. The van der Waals surface area contributed by atoms with Crippen molar-refractivity contribution in [2.45, 2.75) is 25.3 Å². The van der Waals surface area contributed by atoms with E-state index in [0.717, 1.165) is 12.0 Å². The molecule has 0 amide bonds. The molecule has 2 nitrogen and oxygen atoms in total. The van der Waals surface area contributed by atoms with Crippen LogP contribution >= 0.6 is 0 Å². The minimum absolute atomic E-state index is 0.0964. The largest absolute Gasteiger partial charge is 0.497 e. The van der Waals surface area contributed by atoms with Crippen LogP contribution in [0.15, 0.2) is 48.5 Å². The van der Waals surface area contributed by atoms with E-state index in [-0.39, 0.29) is 17.8 Å². The summed E-state index contributed by atoms with van der Waals surface area (Å²) in [7, 11) is 1.52. The molecule has 0 aliphatic carbocycles. The van der Waals surface area contributed by atoms with Crippen molar-refractivity contribution in [3.05, 3.63) is 65.5 Å². The molecule has 3 heteroatoms. The highest BCUT2D eigenvalue weighted by Crippen LogP contribution is 2.33. The van der Waals surface area contributed by atoms with E-state index in [4.69, 9.17) is 10.5 Å². The van der Waals surface area contributed by atoms with Gasteiger partial charge in [-0.2, -0.15) is 0 Å². The quantitative estimate of drug-likeness (QED) is 0.892. The maximum absolute atomic E-state index is 14.1. The Morgan fingerprint density at radius 1 is 1.15 bits per heavy atom. The van der Waals surface area contributed by atoms with Gasteiger partial charge in [0.05, 0.1) is 7.11 Å². The average Bonchev–Trinajstić information content (AvgIpc) is 2.48. The van der Waals surface area contributed by atoms with Gasteiger partial charge in [-0.3, -0.25) is 0 Å². The SMILES string of the molecule is CCC(c1ccccc1)C(N)c1ccc(OC)cc1F. The van der Waals surface area contributed by atoms with Gasteiger partial charge in [-0.15, -0.1) is 0 Å². The summed E-state index contributed by atoms with van der Waals surface area (Å²) >= 11 is 0. The van der Waals surface area contributed by atoms with E-state index in [0.29, 0.717) is 11.3 Å². The van der Waals surface area contributed by atoms with Crippen LogP contribution in [-0.2, 0) is 0 Å². The van der Waals surface area contributed by atoms with Gasteiger partial charge in [-0.05, 0) is 18.1 Å². The molecule has 0 aliphatic heterocycles. The van der Waals surface area contributed by atoms with E-state index in [2.05, 4.69) is 6.92 Å². The Morgan fingerprint density at radius 3 is 2.40 bits per heavy atom. The molecule has 2 aromatic carbocycles. The second kappa shape index (κ2) is 6.53. The van der Waals surface area contributed by atoms with E-state index >= 15 is 0 Å². The molecule has 2 N–H and O–H groups in total. The van der Waals surface area contributed by atoms with Gasteiger partial charge >= 0.3 is 0 Å². The number of halogens is 1. The van der Waals surface area contributed by atoms with Crippen LogP contribution in [-0.4, -0.2) is 7.11 Å². The van der Waals surface area contributed by atoms with Crippen molar-refractivity contribution in [2.75, 3.05) is 7.11 Å². The zero-order chi connectivity index (χ0) is 14.5. The zero-order valence-corrected chi connectivity index (χ0v) is 11.8. The van der Waals surface area contributed by atoms with Crippen LogP contribution in [0, 0.1) is 5.82 Å². The van der Waals surface area contributed by atoms with Gasteiger partial charge in [0, 0.05) is 23.6 Å². The van der Waals surface area contributed by atoms with Gasteiger partial charge < -0.3 is 10.5 Å². The third kappa shape index (κ3) is 2.99. The van der Waals surface area contributed by atoms with Crippen LogP contribution in [0.4, 0.5) is 4.39 Å². The molecule has 106 valence electrons. The first-order valence-corrected chi connectivity index (χ1v) is 6.81. The monoisotopic (exact) mass is 273 g/mol. The molecule has 0 spiro atoms. The van der Waals surface area contributed by atoms with E-state index in [1.165, 1.54) is 13.2 Å². The van der Waals surface area contributed by atoms with E-state index in [1.807, 2.05) is 30.3 Å². The third-order valence-electron chi connectivity index (χ3n) is 3.67. The molecule has 0 heterocycles. The highest BCUT2D eigenvalue weighted by Gasteiger charge is 2.22. The number of hydrogen-bond acceptors (Lipinski definition) is 2. The van der Waals surface area contributed by atoms with Crippen molar-refractivity contribution < 1.29 is 9.13 Å². The normalized spacial score (nSPS) is 13.8. The summed E-state index contributed by atoms with van der Waals surface area (Å²) in [5.74, 6) is 0.288. The molecule has 0 aliphatic rings. The van der Waals surface area contributed by atoms with Crippen molar-refractivity contribution in [3.63, 3.8) is 0 Å². The molecular weight excluding hydrogens is 253 g/mol. The maximum Gasteiger partial charge on any atom is 0.131 e. The van der Waals surface area contributed by atoms with Crippen molar-refractivity contribution in [2.24, 2.45) is 5.73 Å². The predicted octanol–water partition coefficient (Wildman–Crippen LogP) is 4.03. The first-order chi connectivity index (χ1) is 9.67. The molecule has 0 aromatic heterocycles. The highest BCUT2D eigenvalue weighted by molar-refractivity contribution is 5.33. The number of rotatable bonds is 5. The molecule has 0 radical (unpaired) electrons. The van der Waals surface area contributed by atoms with Crippen LogP contribution < -0.4 is 10.5 Å². The third-order valence-corrected chi connectivity index (χ3v) is 3.67. The molecule has 0 saturated carbocycles. The van der Waals surface area contributed by atoms with Gasteiger partial charge in [0.2, 0.25) is 0 Å². The Labute approximate surface area is 119 Å². The second-order valence-electron chi connectivity index (χ2n) is 4.84. The summed E-state index contributed by atoms with van der Waals surface area (Å²) in [5.41, 5.74) is 7.96. The summed E-state index contributed by atoms with van der Waals surface area (Å²) in [6.45, 7) is 2.07. The molecule has 2 aromatic rings. The number of nitrogens with two attached hydrogens (primary N) is 1. The van der Waals surface area contributed by atoms with Gasteiger partial charge in [-0.25, -0.2) is 4.39 Å². The van der Waals surface area contributed by atoms with Crippen LogP contribution in [0.5, 0.6) is 5.75 Å². The Kier molecular flexibility index (Phi) is 4.74. The van der Waals surface area contributed by atoms with Crippen LogP contribution in [0.1, 0.15) is 36.4 Å². The molecule has 2 unspecified atom stereocenters. The first-order valence-electron chi connectivity index (χ1n) is 6.81. The Hall–Kier alpha value is -1.87. The Balaban J connectivity index is 2.31. The summed E-state index contributed by atoms with van der Waals surface area (Å²) in [5, 5.41) is 0. The molecule has 0 bridgehead atoms. The van der Waals surface area contributed by atoms with Crippen molar-refractivity contribution in [1.82, 2.24) is 0 Å². The minimum Gasteiger partial charge on any atom is -0.497 e. The van der Waals surface area contributed by atoms with Crippen LogP contribution in [0.2, 0.25) is 0 Å². The van der Waals surface area contributed by atoms with Crippen molar-refractivity contribution >= 4 is 0 Å². The molecule has 2 rings (SSSR count). The number of hydrogen-bond donors (Lipinski definition) is 1. The lowest BCUT2D eigenvalue weighted by Gasteiger charge is -2.24. The number of methoxy groups -OCH3 is 1. The maximum atomic E-state index is 14.1. The Morgan fingerprint density at radius 2 is 1.85 bits per heavy atom. The molecular formula is C17H20FNO. The zero-order valence-electron chi connectivity index (χ0n) is 11.8. The van der Waals surface area contributed by atoms with Crippen LogP contribution in [0.25, 0.3) is 0 Å². The van der Waals surface area contributed by atoms with Crippen LogP contribution in [0.3, 0.4) is 0 Å². The smallest absolute Gasteiger partial charge is 0.131 e. The highest BCUT2D eigenvalue weighted by atomic mass is 19.1. The van der Waals surface area contributed by atoms with Gasteiger partial charge in [-0.1, -0.05) is 43.3 Å². The van der Waals surface area contributed by atoms with Gasteiger partial charge in [0.1, 0.15) is 11.6 Å². The van der Waals surface area contributed by atoms with Gasteiger partial charge in [0.15, 0.2) is 0 Å². The molecule has 0 saturated heterocycles. The van der Waals surface area contributed by atoms with Crippen molar-refractivity contribution in [3.8, 4) is 5.75 Å². The summed E-state index contributed by atoms with van der Waals surface area (Å²) in [4.78, 5) is 0. The van der Waals surface area contributed by atoms with Crippen molar-refractivity contribution in [1.29, 1.82) is 0 Å². The lowest BCUT2D eigenvalue weighted by molar-refractivity contribution is 0.409. The lowest BCUT2D eigenvalue weighted by Crippen LogP contribution is -2.20. The summed E-state index contributed by atoms with van der Waals surface area (Å²) < 4.78 is 19.2. The fraction of sp³-hybridized carbons (Fsp3) is 0.294. The average molecular weight is 273 g/mol. The number of benzene rings is 2. The fourth-order valence-electron chi connectivity index (χ4n) is 2.52. The number of ether oxygens (including phenoxy) is 1. The summed E-state index contributed by atoms with van der Waals surface area (Å²) in [6, 6.07) is 14.5. The van der Waals surface area contributed by atoms with E-state index < -0.39 is 0 Å². The summed E-state index contributed by atoms with van der Waals surface area (Å²) in [6.07, 6.45) is 0.858.